The molecule has 0 saturated heterocycles. The van der Waals surface area contributed by atoms with Gasteiger partial charge >= 0.3 is 5.69 Å². The van der Waals surface area contributed by atoms with Crippen LogP contribution < -0.4 is 16.4 Å². The fraction of sp³-hybridized carbons (Fsp3) is 0.471. The first-order chi connectivity index (χ1) is 13.0. The van der Waals surface area contributed by atoms with Crippen molar-refractivity contribution in [1.82, 2.24) is 15.0 Å². The Labute approximate surface area is 161 Å². The van der Waals surface area contributed by atoms with Crippen LogP contribution in [0.5, 0.6) is 0 Å². The lowest BCUT2D eigenvalue weighted by Gasteiger charge is -2.26. The minimum absolute atomic E-state index is 0.146. The number of nitrogens with zero attached hydrogens (tertiary/aromatic N) is 4. The molecule has 3 rings (SSSR count). The summed E-state index contributed by atoms with van der Waals surface area (Å²) < 4.78 is 0. The van der Waals surface area contributed by atoms with E-state index in [1.165, 1.54) is 6.20 Å². The molecule has 0 aliphatic heterocycles. The van der Waals surface area contributed by atoms with Crippen molar-refractivity contribution < 1.29 is 4.92 Å². The molecule has 144 valence electrons. The van der Waals surface area contributed by atoms with E-state index in [0.29, 0.717) is 24.0 Å². The van der Waals surface area contributed by atoms with Crippen molar-refractivity contribution in [3.63, 3.8) is 0 Å². The quantitative estimate of drug-likeness (QED) is 0.484. The van der Waals surface area contributed by atoms with Gasteiger partial charge in [0.2, 0.25) is 11.8 Å². The van der Waals surface area contributed by atoms with Crippen LogP contribution in [0.2, 0.25) is 5.02 Å². The van der Waals surface area contributed by atoms with E-state index in [-0.39, 0.29) is 23.5 Å². The van der Waals surface area contributed by atoms with E-state index >= 15 is 0 Å². The van der Waals surface area contributed by atoms with E-state index in [4.69, 9.17) is 17.3 Å². The van der Waals surface area contributed by atoms with Gasteiger partial charge in [-0.15, -0.1) is 0 Å². The number of aromatic nitrogens is 3. The first kappa shape index (κ1) is 19.2. The van der Waals surface area contributed by atoms with Crippen molar-refractivity contribution in [1.29, 1.82) is 0 Å². The molecule has 0 radical (unpaired) electrons. The Balaban J connectivity index is 1.67. The van der Waals surface area contributed by atoms with Crippen LogP contribution in [-0.2, 0) is 6.54 Å². The molecule has 1 aliphatic carbocycles. The summed E-state index contributed by atoms with van der Waals surface area (Å²) in [5.74, 6) is 0.934. The van der Waals surface area contributed by atoms with Gasteiger partial charge in [-0.25, -0.2) is 4.98 Å². The molecule has 0 atom stereocenters. The normalized spacial score (nSPS) is 19.5. The first-order valence-corrected chi connectivity index (χ1v) is 9.24. The molecule has 4 N–H and O–H groups in total. The van der Waals surface area contributed by atoms with Gasteiger partial charge in [0.25, 0.3) is 0 Å². The van der Waals surface area contributed by atoms with Crippen molar-refractivity contribution in [2.24, 2.45) is 11.7 Å². The molecule has 0 unspecified atom stereocenters. The summed E-state index contributed by atoms with van der Waals surface area (Å²) in [6, 6.07) is 1.96. The van der Waals surface area contributed by atoms with Crippen LogP contribution in [0.25, 0.3) is 0 Å². The van der Waals surface area contributed by atoms with Gasteiger partial charge in [0.05, 0.1) is 4.92 Å². The van der Waals surface area contributed by atoms with Gasteiger partial charge in [0, 0.05) is 42.1 Å². The number of nitrogens with two attached hydrogens (primary N) is 1. The summed E-state index contributed by atoms with van der Waals surface area (Å²) in [5.41, 5.74) is 6.57. The number of hydrogen-bond acceptors (Lipinski definition) is 8. The maximum absolute atomic E-state index is 11.3. The van der Waals surface area contributed by atoms with Gasteiger partial charge in [-0.05, 0) is 37.7 Å². The zero-order valence-electron chi connectivity index (χ0n) is 14.8. The van der Waals surface area contributed by atoms with E-state index in [9.17, 15) is 10.1 Å². The monoisotopic (exact) mass is 391 g/mol. The number of nitro groups is 1. The van der Waals surface area contributed by atoms with Crippen LogP contribution in [0.3, 0.4) is 0 Å². The summed E-state index contributed by atoms with van der Waals surface area (Å²) in [5, 5.41) is 18.0. The van der Waals surface area contributed by atoms with Gasteiger partial charge in [0.1, 0.15) is 6.20 Å². The lowest BCUT2D eigenvalue weighted by Crippen LogP contribution is -2.29. The predicted octanol–water partition coefficient (Wildman–Crippen LogP) is 2.97. The number of halogens is 1. The van der Waals surface area contributed by atoms with Crippen molar-refractivity contribution in [2.75, 3.05) is 17.2 Å². The fourth-order valence-electron chi connectivity index (χ4n) is 3.07. The number of anilines is 2. The minimum atomic E-state index is -0.485. The number of hydrogen-bond donors (Lipinski definition) is 3. The highest BCUT2D eigenvalue weighted by Crippen LogP contribution is 2.26. The lowest BCUT2D eigenvalue weighted by molar-refractivity contribution is -0.384. The molecular formula is C17H22ClN7O2. The van der Waals surface area contributed by atoms with E-state index in [1.807, 2.05) is 0 Å². The standard InChI is InChI=1S/C17H22ClN7O2/c18-14-5-6-20-8-12(14)9-22-17-23-10-15(25(26)27)16(24-17)21-7-11-1-3-13(19)4-2-11/h5-6,8,10-11,13H,1-4,7,9,19H2,(H2,21,22,23,24)/t11-,13-. The van der Waals surface area contributed by atoms with Crippen LogP contribution >= 0.6 is 11.6 Å². The van der Waals surface area contributed by atoms with Crippen molar-refractivity contribution in [2.45, 2.75) is 38.3 Å². The van der Waals surface area contributed by atoms with Crippen molar-refractivity contribution in [3.05, 3.63) is 45.4 Å². The van der Waals surface area contributed by atoms with Crippen LogP contribution in [0.15, 0.2) is 24.7 Å². The second kappa shape index (κ2) is 8.92. The zero-order valence-corrected chi connectivity index (χ0v) is 15.5. The number of pyridine rings is 1. The first-order valence-electron chi connectivity index (χ1n) is 8.86. The highest BCUT2D eigenvalue weighted by Gasteiger charge is 2.21. The smallest absolute Gasteiger partial charge is 0.329 e. The van der Waals surface area contributed by atoms with Crippen molar-refractivity contribution in [3.8, 4) is 0 Å². The molecule has 1 saturated carbocycles. The lowest BCUT2D eigenvalue weighted by atomic mass is 9.86. The molecule has 0 amide bonds. The van der Waals surface area contributed by atoms with Crippen molar-refractivity contribution >= 4 is 29.1 Å². The molecule has 0 spiro atoms. The van der Waals surface area contributed by atoms with Gasteiger partial charge in [-0.3, -0.25) is 15.1 Å². The summed E-state index contributed by atoms with van der Waals surface area (Å²) in [6.45, 7) is 0.989. The van der Waals surface area contributed by atoms with Gasteiger partial charge in [-0.2, -0.15) is 4.98 Å². The summed E-state index contributed by atoms with van der Waals surface area (Å²) in [4.78, 5) is 23.1. The predicted molar refractivity (Wildman–Crippen MR) is 104 cm³/mol. The Bertz CT molecular complexity index is 797. The van der Waals surface area contributed by atoms with Crippen LogP contribution in [0, 0.1) is 16.0 Å². The molecule has 0 aromatic carbocycles. The Hall–Kier alpha value is -2.52. The molecule has 10 heteroatoms. The van der Waals surface area contributed by atoms with Gasteiger partial charge < -0.3 is 16.4 Å². The zero-order chi connectivity index (χ0) is 19.2. The summed E-state index contributed by atoms with van der Waals surface area (Å²) in [6.07, 6.45) is 8.45. The van der Waals surface area contributed by atoms with Crippen LogP contribution in [0.1, 0.15) is 31.2 Å². The Morgan fingerprint density at radius 2 is 2.04 bits per heavy atom. The molecule has 2 aromatic heterocycles. The van der Waals surface area contributed by atoms with E-state index in [1.54, 1.807) is 18.5 Å². The van der Waals surface area contributed by atoms with Crippen LogP contribution in [0.4, 0.5) is 17.5 Å². The molecule has 1 fully saturated rings. The minimum Gasteiger partial charge on any atom is -0.364 e. The molecule has 2 heterocycles. The second-order valence-electron chi connectivity index (χ2n) is 6.67. The van der Waals surface area contributed by atoms with E-state index < -0.39 is 4.92 Å². The topological polar surface area (TPSA) is 132 Å². The van der Waals surface area contributed by atoms with Gasteiger partial charge in [-0.1, -0.05) is 11.6 Å². The maximum Gasteiger partial charge on any atom is 0.329 e. The third-order valence-corrected chi connectivity index (χ3v) is 5.07. The molecule has 0 bridgehead atoms. The van der Waals surface area contributed by atoms with Crippen LogP contribution in [-0.4, -0.2) is 32.5 Å². The average Bonchev–Trinajstić information content (AvgIpc) is 2.67. The average molecular weight is 392 g/mol. The highest BCUT2D eigenvalue weighted by atomic mass is 35.5. The fourth-order valence-corrected chi connectivity index (χ4v) is 3.24. The Kier molecular flexibility index (Phi) is 6.36. The highest BCUT2D eigenvalue weighted by molar-refractivity contribution is 6.31. The number of nitrogens with one attached hydrogen (secondary N) is 2. The SMILES string of the molecule is N[C@H]1CC[C@H](CNc2nc(NCc3cnccc3Cl)ncc2[N+](=O)[O-])CC1. The third-order valence-electron chi connectivity index (χ3n) is 4.70. The van der Waals surface area contributed by atoms with E-state index in [2.05, 4.69) is 25.6 Å². The summed E-state index contributed by atoms with van der Waals surface area (Å²) in [7, 11) is 0. The summed E-state index contributed by atoms with van der Waals surface area (Å²) >= 11 is 6.10. The molecule has 1 aliphatic rings. The van der Waals surface area contributed by atoms with Gasteiger partial charge in [0.15, 0.2) is 0 Å². The third kappa shape index (κ3) is 5.24. The molecule has 9 nitrogen and oxygen atoms in total. The van der Waals surface area contributed by atoms with E-state index in [0.717, 1.165) is 31.2 Å². The number of rotatable bonds is 7. The largest absolute Gasteiger partial charge is 0.364 e. The maximum atomic E-state index is 11.3. The molecule has 27 heavy (non-hydrogen) atoms. The Morgan fingerprint density at radius 1 is 1.26 bits per heavy atom. The second-order valence-corrected chi connectivity index (χ2v) is 7.07. The Morgan fingerprint density at radius 3 is 2.74 bits per heavy atom. The molecular weight excluding hydrogens is 370 g/mol. The molecule has 2 aromatic rings.